The lowest BCUT2D eigenvalue weighted by Crippen LogP contribution is -2.38. The van der Waals surface area contributed by atoms with Crippen molar-refractivity contribution in [3.63, 3.8) is 0 Å². The summed E-state index contributed by atoms with van der Waals surface area (Å²) in [6.07, 6.45) is 3.59. The van der Waals surface area contributed by atoms with Crippen molar-refractivity contribution in [2.75, 3.05) is 7.11 Å². The molecule has 1 aromatic carbocycles. The highest BCUT2D eigenvalue weighted by Gasteiger charge is 2.03. The van der Waals surface area contributed by atoms with Crippen LogP contribution in [-0.2, 0) is 0 Å². The first kappa shape index (κ1) is 9.52. The standard InChI is InChI=1S/C12H12NO2/c1-14-11-7-9-13(10-8-11)15-12-5-3-2-4-6-12/h2-10H,1H3/q+1. The molecule has 0 atom stereocenters. The summed E-state index contributed by atoms with van der Waals surface area (Å²) in [5, 5.41) is 0. The molecule has 0 unspecified atom stereocenters. The number of aromatic nitrogens is 1. The average molecular weight is 202 g/mol. The van der Waals surface area contributed by atoms with Gasteiger partial charge >= 0.3 is 0 Å². The van der Waals surface area contributed by atoms with Crippen molar-refractivity contribution in [2.24, 2.45) is 0 Å². The number of hydrogen-bond donors (Lipinski definition) is 0. The Morgan fingerprint density at radius 1 is 0.867 bits per heavy atom. The van der Waals surface area contributed by atoms with Crippen molar-refractivity contribution >= 4 is 0 Å². The van der Waals surface area contributed by atoms with Crippen LogP contribution in [0.3, 0.4) is 0 Å². The highest BCUT2D eigenvalue weighted by Crippen LogP contribution is 2.08. The van der Waals surface area contributed by atoms with E-state index in [0.29, 0.717) is 0 Å². The monoisotopic (exact) mass is 202 g/mol. The molecule has 0 aliphatic rings. The smallest absolute Gasteiger partial charge is 0.226 e. The second kappa shape index (κ2) is 4.46. The Kier molecular flexibility index (Phi) is 2.83. The summed E-state index contributed by atoms with van der Waals surface area (Å²) >= 11 is 0. The summed E-state index contributed by atoms with van der Waals surface area (Å²) in [6.45, 7) is 0. The summed E-state index contributed by atoms with van der Waals surface area (Å²) < 4.78 is 6.67. The molecule has 0 radical (unpaired) electrons. The van der Waals surface area contributed by atoms with Crippen LogP contribution in [-0.4, -0.2) is 7.11 Å². The van der Waals surface area contributed by atoms with E-state index in [1.165, 1.54) is 0 Å². The number of para-hydroxylation sites is 1. The van der Waals surface area contributed by atoms with Gasteiger partial charge in [-0.15, -0.1) is 0 Å². The number of hydrogen-bond acceptors (Lipinski definition) is 2. The minimum atomic E-state index is 0.799. The minimum absolute atomic E-state index is 0.799. The Bertz CT molecular complexity index is 411. The molecule has 0 bridgehead atoms. The van der Waals surface area contributed by atoms with Gasteiger partial charge in [0.15, 0.2) is 0 Å². The average Bonchev–Trinajstić information content (AvgIpc) is 2.31. The molecule has 3 nitrogen and oxygen atoms in total. The van der Waals surface area contributed by atoms with Gasteiger partial charge in [-0.25, -0.2) is 4.84 Å². The third-order valence-electron chi connectivity index (χ3n) is 1.96. The highest BCUT2D eigenvalue weighted by atomic mass is 16.7. The normalized spacial score (nSPS) is 9.67. The van der Waals surface area contributed by atoms with Gasteiger partial charge in [-0.3, -0.25) is 0 Å². The van der Waals surface area contributed by atoms with Crippen molar-refractivity contribution in [3.05, 3.63) is 54.9 Å². The van der Waals surface area contributed by atoms with Crippen LogP contribution >= 0.6 is 0 Å². The van der Waals surface area contributed by atoms with E-state index >= 15 is 0 Å². The van der Waals surface area contributed by atoms with Crippen LogP contribution in [0.1, 0.15) is 0 Å². The lowest BCUT2D eigenvalue weighted by molar-refractivity contribution is -0.875. The topological polar surface area (TPSA) is 22.3 Å². The first-order chi connectivity index (χ1) is 7.38. The fourth-order valence-electron chi connectivity index (χ4n) is 1.20. The molecule has 0 aliphatic carbocycles. The third kappa shape index (κ3) is 2.47. The van der Waals surface area contributed by atoms with Gasteiger partial charge in [-0.2, -0.15) is 0 Å². The third-order valence-corrected chi connectivity index (χ3v) is 1.96. The molecule has 0 saturated heterocycles. The molecular weight excluding hydrogens is 190 g/mol. The Hall–Kier alpha value is -2.03. The first-order valence-corrected chi connectivity index (χ1v) is 4.67. The maximum Gasteiger partial charge on any atom is 0.226 e. The van der Waals surface area contributed by atoms with Crippen LogP contribution in [0.4, 0.5) is 0 Å². The molecule has 3 heteroatoms. The summed E-state index contributed by atoms with van der Waals surface area (Å²) in [4.78, 5) is 5.54. The van der Waals surface area contributed by atoms with Crippen LogP contribution in [0.25, 0.3) is 0 Å². The van der Waals surface area contributed by atoms with Crippen LogP contribution in [0.2, 0.25) is 0 Å². The van der Waals surface area contributed by atoms with Crippen LogP contribution in [0, 0.1) is 0 Å². The quantitative estimate of drug-likeness (QED) is 0.708. The molecule has 1 heterocycles. The molecule has 15 heavy (non-hydrogen) atoms. The van der Waals surface area contributed by atoms with Gasteiger partial charge in [-0.05, 0) is 12.1 Å². The number of nitrogens with zero attached hydrogens (tertiary/aromatic N) is 1. The fraction of sp³-hybridized carbons (Fsp3) is 0.0833. The van der Waals surface area contributed by atoms with Crippen LogP contribution in [0.15, 0.2) is 54.9 Å². The largest absolute Gasteiger partial charge is 0.496 e. The number of methoxy groups -OCH3 is 1. The zero-order chi connectivity index (χ0) is 10.5. The van der Waals surface area contributed by atoms with Crippen molar-refractivity contribution in [3.8, 4) is 11.5 Å². The fourth-order valence-corrected chi connectivity index (χ4v) is 1.20. The molecule has 0 amide bonds. The summed E-state index contributed by atoms with van der Waals surface area (Å²) in [5.74, 6) is 1.61. The Labute approximate surface area is 88.5 Å². The molecule has 2 aromatic rings. The second-order valence-corrected chi connectivity index (χ2v) is 3.00. The lowest BCUT2D eigenvalue weighted by Gasteiger charge is -1.98. The maximum atomic E-state index is 5.54. The predicted octanol–water partition coefficient (Wildman–Crippen LogP) is 1.82. The zero-order valence-electron chi connectivity index (χ0n) is 8.46. The molecule has 0 N–H and O–H groups in total. The first-order valence-electron chi connectivity index (χ1n) is 4.67. The van der Waals surface area contributed by atoms with E-state index in [1.54, 1.807) is 24.2 Å². The van der Waals surface area contributed by atoms with Gasteiger partial charge in [0.2, 0.25) is 18.1 Å². The molecule has 1 aromatic heterocycles. The van der Waals surface area contributed by atoms with Crippen LogP contribution in [0.5, 0.6) is 11.5 Å². The summed E-state index contributed by atoms with van der Waals surface area (Å²) in [7, 11) is 1.64. The van der Waals surface area contributed by atoms with E-state index in [4.69, 9.17) is 9.57 Å². The molecule has 0 spiro atoms. The Balaban J connectivity index is 2.11. The second-order valence-electron chi connectivity index (χ2n) is 3.00. The van der Waals surface area contributed by atoms with Gasteiger partial charge in [0, 0.05) is 16.9 Å². The van der Waals surface area contributed by atoms with E-state index in [0.717, 1.165) is 11.5 Å². The maximum absolute atomic E-state index is 5.54. The Morgan fingerprint density at radius 2 is 1.53 bits per heavy atom. The molecule has 0 aliphatic heterocycles. The van der Waals surface area contributed by atoms with E-state index in [2.05, 4.69) is 0 Å². The molecular formula is C12H12NO2+. The van der Waals surface area contributed by atoms with Crippen LogP contribution < -0.4 is 14.3 Å². The Morgan fingerprint density at radius 3 is 2.13 bits per heavy atom. The van der Waals surface area contributed by atoms with Gasteiger partial charge in [0.25, 0.3) is 0 Å². The van der Waals surface area contributed by atoms with Crippen molar-refractivity contribution < 1.29 is 14.3 Å². The van der Waals surface area contributed by atoms with E-state index in [9.17, 15) is 0 Å². The number of benzene rings is 1. The van der Waals surface area contributed by atoms with Crippen molar-refractivity contribution in [1.82, 2.24) is 0 Å². The highest BCUT2D eigenvalue weighted by molar-refractivity contribution is 5.20. The lowest BCUT2D eigenvalue weighted by atomic mass is 10.3. The van der Waals surface area contributed by atoms with E-state index in [-0.39, 0.29) is 0 Å². The number of rotatable bonds is 3. The molecule has 76 valence electrons. The predicted molar refractivity (Wildman–Crippen MR) is 55.7 cm³/mol. The minimum Gasteiger partial charge on any atom is -0.496 e. The van der Waals surface area contributed by atoms with Gasteiger partial charge in [0.05, 0.1) is 7.11 Å². The van der Waals surface area contributed by atoms with E-state index < -0.39 is 0 Å². The molecule has 0 saturated carbocycles. The van der Waals surface area contributed by atoms with Gasteiger partial charge < -0.3 is 4.74 Å². The number of pyridine rings is 1. The van der Waals surface area contributed by atoms with Crippen molar-refractivity contribution in [2.45, 2.75) is 0 Å². The summed E-state index contributed by atoms with van der Waals surface area (Å²) in [6, 6.07) is 13.3. The summed E-state index contributed by atoms with van der Waals surface area (Å²) in [5.41, 5.74) is 0. The van der Waals surface area contributed by atoms with Gasteiger partial charge in [0.1, 0.15) is 5.75 Å². The molecule has 2 rings (SSSR count). The van der Waals surface area contributed by atoms with Crippen molar-refractivity contribution in [1.29, 1.82) is 0 Å². The molecule has 0 fully saturated rings. The zero-order valence-corrected chi connectivity index (χ0v) is 8.46. The number of ether oxygens (including phenoxy) is 1. The van der Waals surface area contributed by atoms with E-state index in [1.807, 2.05) is 42.5 Å². The van der Waals surface area contributed by atoms with Gasteiger partial charge in [-0.1, -0.05) is 18.2 Å². The SMILES string of the molecule is COc1cc[n+](Oc2ccccc2)cc1.